The van der Waals surface area contributed by atoms with Gasteiger partial charge in [-0.1, -0.05) is 13.8 Å². The minimum absolute atomic E-state index is 0.237. The molecule has 2 aromatic rings. The number of nitrogens with one attached hydrogen (secondary N) is 1. The average Bonchev–Trinajstić information content (AvgIpc) is 2.67. The number of hydrogen-bond donors (Lipinski definition) is 2. The maximum atomic E-state index is 11.5. The standard InChI is InChI=1S/C12H16N4O3/c1-6(2)4-8(11(17)18)9-5-10-14-15-12(19)16(10)7(3)13-9/h5-6,8H,4H2,1-3H3,(H,15,19)(H,17,18). The van der Waals surface area contributed by atoms with Crippen LogP contribution in [0, 0.1) is 12.8 Å². The van der Waals surface area contributed by atoms with Crippen LogP contribution in [0.3, 0.4) is 0 Å². The van der Waals surface area contributed by atoms with Crippen LogP contribution in [-0.4, -0.2) is 30.7 Å². The van der Waals surface area contributed by atoms with E-state index in [0.717, 1.165) is 0 Å². The SMILES string of the molecule is Cc1nc(C(CC(C)C)C(=O)O)cc2n[nH]c(=O)n12. The molecule has 0 fully saturated rings. The first-order chi connectivity index (χ1) is 8.90. The fraction of sp³-hybridized carbons (Fsp3) is 0.500. The van der Waals surface area contributed by atoms with E-state index in [9.17, 15) is 14.7 Å². The van der Waals surface area contributed by atoms with Gasteiger partial charge in [0.15, 0.2) is 5.65 Å². The Balaban J connectivity index is 2.54. The maximum Gasteiger partial charge on any atom is 0.349 e. The number of carbonyl (C=O) groups is 1. The van der Waals surface area contributed by atoms with Crippen molar-refractivity contribution in [2.75, 3.05) is 0 Å². The molecule has 1 atom stereocenters. The van der Waals surface area contributed by atoms with Gasteiger partial charge in [-0.25, -0.2) is 19.3 Å². The highest BCUT2D eigenvalue weighted by Gasteiger charge is 2.24. The van der Waals surface area contributed by atoms with Gasteiger partial charge in [0.1, 0.15) is 5.82 Å². The van der Waals surface area contributed by atoms with Crippen LogP contribution in [0.4, 0.5) is 0 Å². The molecule has 19 heavy (non-hydrogen) atoms. The van der Waals surface area contributed by atoms with Crippen LogP contribution in [0.2, 0.25) is 0 Å². The molecule has 1 unspecified atom stereocenters. The van der Waals surface area contributed by atoms with Gasteiger partial charge in [0.25, 0.3) is 0 Å². The lowest BCUT2D eigenvalue weighted by atomic mass is 9.94. The molecule has 7 heteroatoms. The van der Waals surface area contributed by atoms with Crippen molar-refractivity contribution in [1.29, 1.82) is 0 Å². The fourth-order valence-corrected chi connectivity index (χ4v) is 2.12. The number of rotatable bonds is 4. The molecule has 0 amide bonds. The summed E-state index contributed by atoms with van der Waals surface area (Å²) >= 11 is 0. The second-order valence-corrected chi connectivity index (χ2v) is 4.97. The molecule has 0 saturated heterocycles. The Labute approximate surface area is 109 Å². The van der Waals surface area contributed by atoms with Gasteiger partial charge in [-0.05, 0) is 19.3 Å². The van der Waals surface area contributed by atoms with Gasteiger partial charge < -0.3 is 5.11 Å². The van der Waals surface area contributed by atoms with E-state index in [1.165, 1.54) is 4.40 Å². The zero-order valence-corrected chi connectivity index (χ0v) is 11.0. The minimum atomic E-state index is -0.914. The van der Waals surface area contributed by atoms with E-state index < -0.39 is 11.9 Å². The summed E-state index contributed by atoms with van der Waals surface area (Å²) in [7, 11) is 0. The summed E-state index contributed by atoms with van der Waals surface area (Å²) in [6.07, 6.45) is 0.493. The Morgan fingerprint density at radius 1 is 1.53 bits per heavy atom. The van der Waals surface area contributed by atoms with Gasteiger partial charge >= 0.3 is 11.7 Å². The van der Waals surface area contributed by atoms with E-state index in [4.69, 9.17) is 0 Å². The van der Waals surface area contributed by atoms with Crippen molar-refractivity contribution in [3.63, 3.8) is 0 Å². The first-order valence-corrected chi connectivity index (χ1v) is 6.07. The highest BCUT2D eigenvalue weighted by molar-refractivity contribution is 5.75. The summed E-state index contributed by atoms with van der Waals surface area (Å²) in [5.41, 5.74) is 0.454. The predicted molar refractivity (Wildman–Crippen MR) is 68.2 cm³/mol. The molecule has 0 aromatic carbocycles. The van der Waals surface area contributed by atoms with Crippen LogP contribution >= 0.6 is 0 Å². The molecule has 0 aliphatic carbocycles. The second-order valence-electron chi connectivity index (χ2n) is 4.97. The molecule has 7 nitrogen and oxygen atoms in total. The van der Waals surface area contributed by atoms with Crippen molar-refractivity contribution in [3.05, 3.63) is 28.1 Å². The van der Waals surface area contributed by atoms with E-state index in [-0.39, 0.29) is 11.6 Å². The molecular weight excluding hydrogens is 248 g/mol. The van der Waals surface area contributed by atoms with Crippen molar-refractivity contribution in [2.45, 2.75) is 33.1 Å². The molecule has 2 aromatic heterocycles. The number of carboxylic acids is 1. The molecule has 2 heterocycles. The van der Waals surface area contributed by atoms with Crippen LogP contribution in [0.1, 0.15) is 37.7 Å². The van der Waals surface area contributed by atoms with Gasteiger partial charge in [-0.2, -0.15) is 5.10 Å². The lowest BCUT2D eigenvalue weighted by molar-refractivity contribution is -0.139. The van der Waals surface area contributed by atoms with Crippen LogP contribution in [-0.2, 0) is 4.79 Å². The van der Waals surface area contributed by atoms with E-state index >= 15 is 0 Å². The van der Waals surface area contributed by atoms with Crippen molar-refractivity contribution in [1.82, 2.24) is 19.6 Å². The van der Waals surface area contributed by atoms with Crippen molar-refractivity contribution in [3.8, 4) is 0 Å². The molecule has 0 aliphatic heterocycles. The van der Waals surface area contributed by atoms with E-state index in [1.54, 1.807) is 13.0 Å². The van der Waals surface area contributed by atoms with Crippen LogP contribution in [0.25, 0.3) is 5.65 Å². The van der Waals surface area contributed by atoms with Gasteiger partial charge in [-0.3, -0.25) is 4.79 Å². The highest BCUT2D eigenvalue weighted by atomic mass is 16.4. The third-order valence-corrected chi connectivity index (χ3v) is 2.95. The quantitative estimate of drug-likeness (QED) is 0.856. The number of aryl methyl sites for hydroxylation is 1. The third kappa shape index (κ3) is 2.49. The van der Waals surface area contributed by atoms with Crippen LogP contribution in [0.5, 0.6) is 0 Å². The summed E-state index contributed by atoms with van der Waals surface area (Å²) in [5, 5.41) is 15.5. The summed E-state index contributed by atoms with van der Waals surface area (Å²) in [5.74, 6) is -0.930. The number of hydrogen-bond acceptors (Lipinski definition) is 4. The number of H-pyrrole nitrogens is 1. The number of aromatic nitrogens is 4. The smallest absolute Gasteiger partial charge is 0.349 e. The van der Waals surface area contributed by atoms with Gasteiger partial charge in [0.2, 0.25) is 0 Å². The van der Waals surface area contributed by atoms with Crippen molar-refractivity contribution < 1.29 is 9.90 Å². The van der Waals surface area contributed by atoms with Gasteiger partial charge in [-0.15, -0.1) is 0 Å². The highest BCUT2D eigenvalue weighted by Crippen LogP contribution is 2.23. The van der Waals surface area contributed by atoms with Crippen molar-refractivity contribution in [2.24, 2.45) is 5.92 Å². The largest absolute Gasteiger partial charge is 0.481 e. The first-order valence-electron chi connectivity index (χ1n) is 6.07. The number of aromatic amines is 1. The molecule has 0 saturated carbocycles. The Morgan fingerprint density at radius 2 is 2.21 bits per heavy atom. The summed E-state index contributed by atoms with van der Waals surface area (Å²) in [4.78, 5) is 27.1. The molecule has 2 N–H and O–H groups in total. The number of aliphatic carboxylic acids is 1. The normalized spacial score (nSPS) is 13.1. The van der Waals surface area contributed by atoms with Gasteiger partial charge in [0.05, 0.1) is 11.6 Å². The fourth-order valence-electron chi connectivity index (χ4n) is 2.12. The summed E-state index contributed by atoms with van der Waals surface area (Å²) < 4.78 is 1.32. The lowest BCUT2D eigenvalue weighted by Crippen LogP contribution is -2.19. The molecule has 0 bridgehead atoms. The molecule has 0 spiro atoms. The Morgan fingerprint density at radius 3 is 2.79 bits per heavy atom. The lowest BCUT2D eigenvalue weighted by Gasteiger charge is -2.14. The van der Waals surface area contributed by atoms with E-state index in [2.05, 4.69) is 15.2 Å². The minimum Gasteiger partial charge on any atom is -0.481 e. The van der Waals surface area contributed by atoms with Crippen molar-refractivity contribution >= 4 is 11.6 Å². The van der Waals surface area contributed by atoms with E-state index in [1.807, 2.05) is 13.8 Å². The first kappa shape index (κ1) is 13.3. The van der Waals surface area contributed by atoms with Gasteiger partial charge in [0, 0.05) is 6.07 Å². The molecule has 2 rings (SSSR count). The maximum absolute atomic E-state index is 11.5. The molecule has 0 aliphatic rings. The topological polar surface area (TPSA) is 100 Å². The summed E-state index contributed by atoms with van der Waals surface area (Å²) in [6, 6.07) is 1.55. The second kappa shape index (κ2) is 4.83. The number of fused-ring (bicyclic) bond motifs is 1. The van der Waals surface area contributed by atoms with Crippen LogP contribution < -0.4 is 5.69 Å². The molecule has 102 valence electrons. The predicted octanol–water partition coefficient (Wildman–Crippen LogP) is 0.940. The average molecular weight is 264 g/mol. The Hall–Kier alpha value is -2.18. The zero-order chi connectivity index (χ0) is 14.2. The molecular formula is C12H16N4O3. The third-order valence-electron chi connectivity index (χ3n) is 2.95. The molecule has 0 radical (unpaired) electrons. The summed E-state index contributed by atoms with van der Waals surface area (Å²) in [6.45, 7) is 5.57. The Bertz CT molecular complexity index is 671. The number of nitrogens with zero attached hydrogens (tertiary/aromatic N) is 3. The number of carboxylic acid groups (broad SMARTS) is 1. The van der Waals surface area contributed by atoms with E-state index in [0.29, 0.717) is 23.6 Å². The van der Waals surface area contributed by atoms with Crippen LogP contribution in [0.15, 0.2) is 10.9 Å². The zero-order valence-electron chi connectivity index (χ0n) is 11.0. The Kier molecular flexibility index (Phi) is 3.37. The monoisotopic (exact) mass is 264 g/mol.